The van der Waals surface area contributed by atoms with E-state index in [1.165, 1.54) is 19.4 Å². The molecule has 38 heavy (non-hydrogen) atoms. The van der Waals surface area contributed by atoms with Gasteiger partial charge in [0.25, 0.3) is 0 Å². The maximum Gasteiger partial charge on any atom is 0.185 e. The lowest BCUT2D eigenvalue weighted by Gasteiger charge is -2.32. The predicted molar refractivity (Wildman–Crippen MR) is 136 cm³/mol. The van der Waals surface area contributed by atoms with Crippen molar-refractivity contribution in [3.8, 4) is 17.0 Å². The van der Waals surface area contributed by atoms with Crippen LogP contribution in [0.4, 0.5) is 13.2 Å². The summed E-state index contributed by atoms with van der Waals surface area (Å²) in [4.78, 5) is 21.6. The topological polar surface area (TPSA) is 72.3 Å². The molecule has 1 fully saturated rings. The van der Waals surface area contributed by atoms with Gasteiger partial charge >= 0.3 is 0 Å². The largest absolute Gasteiger partial charge is 0.490 e. The van der Waals surface area contributed by atoms with Crippen LogP contribution in [0.2, 0.25) is 0 Å². The average molecular weight is 525 g/mol. The van der Waals surface area contributed by atoms with E-state index in [0.717, 1.165) is 36.1 Å². The summed E-state index contributed by atoms with van der Waals surface area (Å²) in [7, 11) is 0. The van der Waals surface area contributed by atoms with E-state index >= 15 is 8.78 Å². The van der Waals surface area contributed by atoms with Gasteiger partial charge in [-0.2, -0.15) is 0 Å². The number of carbonyl (C=O) groups excluding carboxylic acids is 1. The van der Waals surface area contributed by atoms with Crippen LogP contribution in [0.25, 0.3) is 11.3 Å². The van der Waals surface area contributed by atoms with Crippen molar-refractivity contribution in [1.29, 1.82) is 0 Å². The molecule has 0 bridgehead atoms. The number of hydrogen-bond donors (Lipinski definition) is 1. The van der Waals surface area contributed by atoms with Gasteiger partial charge in [-0.3, -0.25) is 9.78 Å². The molecule has 1 aliphatic heterocycles. The minimum Gasteiger partial charge on any atom is -0.490 e. The molecule has 8 heteroatoms. The lowest BCUT2D eigenvalue weighted by Crippen LogP contribution is -2.30. The highest BCUT2D eigenvalue weighted by Crippen LogP contribution is 2.43. The van der Waals surface area contributed by atoms with Crippen LogP contribution >= 0.6 is 0 Å². The maximum absolute atomic E-state index is 15.4. The molecule has 2 unspecified atom stereocenters. The molecule has 2 aromatic heterocycles. The molecule has 4 atom stereocenters. The summed E-state index contributed by atoms with van der Waals surface area (Å²) in [5, 5.41) is 10.5. The highest BCUT2D eigenvalue weighted by molar-refractivity contribution is 5.96. The normalized spacial score (nSPS) is 25.0. The van der Waals surface area contributed by atoms with Gasteiger partial charge in [-0.1, -0.05) is 13.8 Å². The summed E-state index contributed by atoms with van der Waals surface area (Å²) < 4.78 is 50.8. The van der Waals surface area contributed by atoms with E-state index in [1.807, 2.05) is 6.07 Å². The molecular weight excluding hydrogens is 493 g/mol. The predicted octanol–water partition coefficient (Wildman–Crippen LogP) is 6.52. The van der Waals surface area contributed by atoms with E-state index in [1.54, 1.807) is 12.4 Å². The lowest BCUT2D eigenvalue weighted by atomic mass is 9.73. The second kappa shape index (κ2) is 10.1. The summed E-state index contributed by atoms with van der Waals surface area (Å²) in [5.74, 6) is -2.51. The lowest BCUT2D eigenvalue weighted by molar-refractivity contribution is 0.0126. The maximum atomic E-state index is 15.4. The Kier molecular flexibility index (Phi) is 7.03. The van der Waals surface area contributed by atoms with Crippen LogP contribution in [-0.2, 0) is 12.0 Å². The van der Waals surface area contributed by atoms with Gasteiger partial charge in [0.05, 0.1) is 17.8 Å². The van der Waals surface area contributed by atoms with Crippen molar-refractivity contribution < 1.29 is 27.8 Å². The van der Waals surface area contributed by atoms with E-state index in [4.69, 9.17) is 4.74 Å². The molecule has 1 aliphatic carbocycles. The molecule has 1 N–H and O–H groups in total. The standard InChI is InChI=1S/C30H31F3N2O3/c1-16-10-17(2)12-18(11-16)20-6-8-34-15-19(20)13-25(36)24-5-4-22(31)28(35-24)26-23(32)14-21-29(27(26)33)38-9-7-30(21,3)37/h4-6,8,14-18,37H,7,9-13H2,1-3H3/t16-,17+,18?,30?. The van der Waals surface area contributed by atoms with Crippen molar-refractivity contribution in [1.82, 2.24) is 9.97 Å². The third-order valence-corrected chi connectivity index (χ3v) is 7.87. The zero-order chi connectivity index (χ0) is 27.2. The summed E-state index contributed by atoms with van der Waals surface area (Å²) in [6.45, 7) is 5.93. The molecule has 2 aliphatic rings. The van der Waals surface area contributed by atoms with Gasteiger partial charge in [0.1, 0.15) is 23.0 Å². The zero-order valence-electron chi connectivity index (χ0n) is 21.7. The number of aromatic nitrogens is 2. The van der Waals surface area contributed by atoms with Crippen molar-refractivity contribution in [2.75, 3.05) is 6.61 Å². The fourth-order valence-electron chi connectivity index (χ4n) is 6.07. The number of ketones is 1. The van der Waals surface area contributed by atoms with E-state index < -0.39 is 40.1 Å². The van der Waals surface area contributed by atoms with Crippen molar-refractivity contribution in [2.24, 2.45) is 11.8 Å². The number of aliphatic hydroxyl groups is 1. The number of rotatable bonds is 5. The third-order valence-electron chi connectivity index (χ3n) is 7.87. The first-order chi connectivity index (χ1) is 18.0. The molecule has 5 nitrogen and oxygen atoms in total. The van der Waals surface area contributed by atoms with Crippen LogP contribution in [0.5, 0.6) is 5.75 Å². The minimum atomic E-state index is -1.49. The smallest absolute Gasteiger partial charge is 0.185 e. The first kappa shape index (κ1) is 26.4. The van der Waals surface area contributed by atoms with Crippen LogP contribution in [0.1, 0.15) is 79.6 Å². The molecule has 0 radical (unpaired) electrons. The summed E-state index contributed by atoms with van der Waals surface area (Å²) in [5.41, 5.74) is -1.16. The quantitative estimate of drug-likeness (QED) is 0.385. The zero-order valence-corrected chi connectivity index (χ0v) is 21.7. The Balaban J connectivity index is 1.48. The Bertz CT molecular complexity index is 1380. The molecule has 5 rings (SSSR count). The Hall–Kier alpha value is -3.26. The third kappa shape index (κ3) is 4.94. The molecule has 1 aromatic carbocycles. The van der Waals surface area contributed by atoms with Gasteiger partial charge in [0, 0.05) is 30.8 Å². The van der Waals surface area contributed by atoms with Crippen molar-refractivity contribution in [3.63, 3.8) is 0 Å². The van der Waals surface area contributed by atoms with Crippen molar-refractivity contribution in [3.05, 3.63) is 76.5 Å². The second-order valence-corrected chi connectivity index (χ2v) is 11.1. The number of fused-ring (bicyclic) bond motifs is 1. The number of carbonyl (C=O) groups is 1. The van der Waals surface area contributed by atoms with Gasteiger partial charge < -0.3 is 9.84 Å². The highest BCUT2D eigenvalue weighted by atomic mass is 19.1. The summed E-state index contributed by atoms with van der Waals surface area (Å²) in [6, 6.07) is 5.10. The van der Waals surface area contributed by atoms with Gasteiger partial charge in [-0.15, -0.1) is 0 Å². The molecule has 0 spiro atoms. The monoisotopic (exact) mass is 524 g/mol. The minimum absolute atomic E-state index is 0.0123. The molecular formula is C30H31F3N2O3. The van der Waals surface area contributed by atoms with Crippen LogP contribution in [0.3, 0.4) is 0 Å². The van der Waals surface area contributed by atoms with Gasteiger partial charge in [-0.05, 0) is 79.3 Å². The fraction of sp³-hybridized carbons (Fsp3) is 0.433. The number of pyridine rings is 2. The first-order valence-corrected chi connectivity index (χ1v) is 13.1. The van der Waals surface area contributed by atoms with Gasteiger partial charge in [0.2, 0.25) is 0 Å². The molecule has 0 saturated heterocycles. The SMILES string of the molecule is C[C@@H]1CC(c2ccncc2CC(=O)c2ccc(F)c(-c3c(F)cc4c(c3F)OCCC4(C)O)n2)C[C@H](C)C1. The molecule has 0 amide bonds. The fourth-order valence-corrected chi connectivity index (χ4v) is 6.07. The Morgan fingerprint density at radius 1 is 1.11 bits per heavy atom. The number of benzene rings is 1. The van der Waals surface area contributed by atoms with Crippen LogP contribution < -0.4 is 4.74 Å². The number of halogens is 3. The van der Waals surface area contributed by atoms with Gasteiger partial charge in [-0.25, -0.2) is 18.2 Å². The van der Waals surface area contributed by atoms with Crippen molar-refractivity contribution in [2.45, 2.75) is 64.4 Å². The molecule has 200 valence electrons. The summed E-state index contributed by atoms with van der Waals surface area (Å²) in [6.07, 6.45) is 6.78. The van der Waals surface area contributed by atoms with Gasteiger partial charge in [0.15, 0.2) is 17.3 Å². The van der Waals surface area contributed by atoms with E-state index in [9.17, 15) is 14.3 Å². The number of Topliss-reactive ketones (excluding diaryl/α,β-unsaturated/α-hetero) is 1. The second-order valence-electron chi connectivity index (χ2n) is 11.1. The number of nitrogens with zero attached hydrogens (tertiary/aromatic N) is 2. The summed E-state index contributed by atoms with van der Waals surface area (Å²) >= 11 is 0. The highest BCUT2D eigenvalue weighted by Gasteiger charge is 2.36. The first-order valence-electron chi connectivity index (χ1n) is 13.1. The molecule has 3 heterocycles. The average Bonchev–Trinajstić information content (AvgIpc) is 2.85. The number of ether oxygens (including phenoxy) is 1. The Morgan fingerprint density at radius 2 is 1.84 bits per heavy atom. The van der Waals surface area contributed by atoms with E-state index in [2.05, 4.69) is 23.8 Å². The van der Waals surface area contributed by atoms with E-state index in [0.29, 0.717) is 17.8 Å². The van der Waals surface area contributed by atoms with Crippen molar-refractivity contribution >= 4 is 5.78 Å². The van der Waals surface area contributed by atoms with Crippen LogP contribution in [0.15, 0.2) is 36.7 Å². The Labute approximate surface area is 220 Å². The van der Waals surface area contributed by atoms with Crippen LogP contribution in [-0.4, -0.2) is 27.5 Å². The van der Waals surface area contributed by atoms with E-state index in [-0.39, 0.29) is 36.5 Å². The molecule has 1 saturated carbocycles. The van der Waals surface area contributed by atoms with Crippen LogP contribution in [0, 0.1) is 29.3 Å². The number of hydrogen-bond acceptors (Lipinski definition) is 5. The molecule has 3 aromatic rings. The Morgan fingerprint density at radius 3 is 2.58 bits per heavy atom.